The Balaban J connectivity index is 1.75. The summed E-state index contributed by atoms with van der Waals surface area (Å²) in [5.74, 6) is 0. The van der Waals surface area contributed by atoms with Crippen molar-refractivity contribution in [1.29, 1.82) is 0 Å². The van der Waals surface area contributed by atoms with E-state index >= 15 is 0 Å². The fourth-order valence-corrected chi connectivity index (χ4v) is 3.23. The third-order valence-corrected chi connectivity index (χ3v) is 4.35. The quantitative estimate of drug-likeness (QED) is 0.487. The first-order chi connectivity index (χ1) is 10.3. The van der Waals surface area contributed by atoms with Crippen LogP contribution in [0.2, 0.25) is 0 Å². The number of benzene rings is 2. The van der Waals surface area contributed by atoms with Crippen LogP contribution in [-0.4, -0.2) is 0 Å². The zero-order chi connectivity index (χ0) is 14.2. The average Bonchev–Trinajstić information content (AvgIpc) is 2.86. The number of pyridine rings is 1. The summed E-state index contributed by atoms with van der Waals surface area (Å²) in [5, 5.41) is 0. The molecule has 0 amide bonds. The molecule has 4 rings (SSSR count). The molecule has 0 radical (unpaired) electrons. The molecular formula is C20H18N+. The average molecular weight is 272 g/mol. The summed E-state index contributed by atoms with van der Waals surface area (Å²) in [5.41, 5.74) is 8.37. The molecule has 3 aromatic rings. The molecule has 0 spiro atoms. The van der Waals surface area contributed by atoms with E-state index in [0.29, 0.717) is 0 Å². The number of fused-ring (bicyclic) bond motifs is 3. The van der Waals surface area contributed by atoms with Gasteiger partial charge in [0.2, 0.25) is 0 Å². The fourth-order valence-electron chi connectivity index (χ4n) is 3.23. The van der Waals surface area contributed by atoms with Crippen molar-refractivity contribution in [3.05, 3.63) is 89.2 Å². The number of aromatic nitrogens is 1. The first kappa shape index (κ1) is 12.3. The van der Waals surface area contributed by atoms with Gasteiger partial charge in [-0.1, -0.05) is 54.6 Å². The van der Waals surface area contributed by atoms with Gasteiger partial charge in [-0.2, -0.15) is 4.57 Å². The van der Waals surface area contributed by atoms with Crippen molar-refractivity contribution >= 4 is 0 Å². The largest absolute Gasteiger partial charge is 0.198 e. The van der Waals surface area contributed by atoms with Gasteiger partial charge in [0, 0.05) is 30.5 Å². The molecule has 1 heterocycles. The number of hydrogen-bond acceptors (Lipinski definition) is 0. The van der Waals surface area contributed by atoms with Crippen LogP contribution in [0.1, 0.15) is 22.4 Å². The van der Waals surface area contributed by atoms with E-state index in [9.17, 15) is 0 Å². The Morgan fingerprint density at radius 3 is 2.48 bits per heavy atom. The van der Waals surface area contributed by atoms with Crippen LogP contribution in [0.4, 0.5) is 0 Å². The van der Waals surface area contributed by atoms with Crippen LogP contribution < -0.4 is 4.57 Å². The summed E-state index contributed by atoms with van der Waals surface area (Å²) < 4.78 is 2.36. The maximum Gasteiger partial charge on any atom is 0.179 e. The molecule has 0 saturated carbocycles. The normalized spacial score (nSPS) is 12.0. The predicted octanol–water partition coefficient (Wildman–Crippen LogP) is 3.90. The molecule has 1 nitrogen and oxygen atoms in total. The minimum atomic E-state index is 0.941. The zero-order valence-electron chi connectivity index (χ0n) is 12.2. The lowest BCUT2D eigenvalue weighted by Crippen LogP contribution is -2.37. The van der Waals surface area contributed by atoms with E-state index in [1.165, 1.54) is 33.5 Å². The van der Waals surface area contributed by atoms with Crippen LogP contribution in [0.5, 0.6) is 0 Å². The molecule has 102 valence electrons. The first-order valence-electron chi connectivity index (χ1n) is 7.46. The van der Waals surface area contributed by atoms with E-state index in [2.05, 4.69) is 78.4 Å². The van der Waals surface area contributed by atoms with Crippen LogP contribution >= 0.6 is 0 Å². The second kappa shape index (κ2) is 4.85. The fraction of sp³-hybridized carbons (Fsp3) is 0.150. The Morgan fingerprint density at radius 2 is 1.62 bits per heavy atom. The molecular weight excluding hydrogens is 254 g/mol. The molecule has 0 bridgehead atoms. The molecule has 1 aliphatic rings. The van der Waals surface area contributed by atoms with Gasteiger partial charge in [-0.05, 0) is 16.7 Å². The molecule has 0 aliphatic heterocycles. The molecule has 2 aromatic carbocycles. The van der Waals surface area contributed by atoms with E-state index in [-0.39, 0.29) is 0 Å². The predicted molar refractivity (Wildman–Crippen MR) is 85.2 cm³/mol. The van der Waals surface area contributed by atoms with Crippen molar-refractivity contribution in [1.82, 2.24) is 0 Å². The summed E-state index contributed by atoms with van der Waals surface area (Å²) in [6, 6.07) is 21.7. The van der Waals surface area contributed by atoms with Crippen molar-refractivity contribution < 1.29 is 4.57 Å². The van der Waals surface area contributed by atoms with Gasteiger partial charge >= 0.3 is 0 Å². The van der Waals surface area contributed by atoms with E-state index in [0.717, 1.165) is 13.0 Å². The standard InChI is InChI=1S/C20H18N/c1-15-11-20-18(12-17-9-5-6-10-19(17)20)14-21(15)13-16-7-3-2-4-8-16/h2-11,14H,12-13H2,1H3/q+1. The zero-order valence-corrected chi connectivity index (χ0v) is 12.2. The van der Waals surface area contributed by atoms with E-state index in [1.807, 2.05) is 0 Å². The lowest BCUT2D eigenvalue weighted by atomic mass is 10.1. The van der Waals surface area contributed by atoms with Gasteiger partial charge in [0.25, 0.3) is 0 Å². The highest BCUT2D eigenvalue weighted by Crippen LogP contribution is 2.35. The maximum atomic E-state index is 2.36. The molecule has 0 saturated heterocycles. The Labute approximate surface area is 125 Å². The molecule has 0 N–H and O–H groups in total. The number of aryl methyl sites for hydroxylation is 1. The van der Waals surface area contributed by atoms with Gasteiger partial charge in [-0.3, -0.25) is 0 Å². The molecule has 0 atom stereocenters. The maximum absolute atomic E-state index is 2.36. The second-order valence-electron chi connectivity index (χ2n) is 5.80. The third-order valence-electron chi connectivity index (χ3n) is 4.35. The van der Waals surface area contributed by atoms with Gasteiger partial charge in [-0.15, -0.1) is 0 Å². The molecule has 1 heteroatoms. The topological polar surface area (TPSA) is 3.88 Å². The van der Waals surface area contributed by atoms with Crippen LogP contribution in [0.25, 0.3) is 11.1 Å². The lowest BCUT2D eigenvalue weighted by Gasteiger charge is -2.05. The highest BCUT2D eigenvalue weighted by Gasteiger charge is 2.22. The number of rotatable bonds is 2. The van der Waals surface area contributed by atoms with Crippen molar-refractivity contribution in [2.75, 3.05) is 0 Å². The highest BCUT2D eigenvalue weighted by atomic mass is 15.0. The molecule has 21 heavy (non-hydrogen) atoms. The van der Waals surface area contributed by atoms with Gasteiger partial charge in [0.1, 0.15) is 0 Å². The number of nitrogens with zero attached hydrogens (tertiary/aromatic N) is 1. The van der Waals surface area contributed by atoms with Crippen molar-refractivity contribution in [2.24, 2.45) is 0 Å². The Hall–Kier alpha value is -2.41. The highest BCUT2D eigenvalue weighted by molar-refractivity contribution is 5.76. The molecule has 0 fully saturated rings. The van der Waals surface area contributed by atoms with Crippen LogP contribution in [-0.2, 0) is 13.0 Å². The third kappa shape index (κ3) is 2.15. The summed E-state index contributed by atoms with van der Waals surface area (Å²) in [6.45, 7) is 3.14. The first-order valence-corrected chi connectivity index (χ1v) is 7.46. The summed E-state index contributed by atoms with van der Waals surface area (Å²) in [6.07, 6.45) is 3.39. The SMILES string of the molecule is Cc1cc2c(c[n+]1Cc1ccccc1)Cc1ccccc1-2. The van der Waals surface area contributed by atoms with Gasteiger partial charge in [0.15, 0.2) is 18.4 Å². The van der Waals surface area contributed by atoms with Crippen LogP contribution in [0.15, 0.2) is 66.9 Å². The monoisotopic (exact) mass is 272 g/mol. The Morgan fingerprint density at radius 1 is 0.857 bits per heavy atom. The van der Waals surface area contributed by atoms with Crippen LogP contribution in [0.3, 0.4) is 0 Å². The van der Waals surface area contributed by atoms with E-state index < -0.39 is 0 Å². The van der Waals surface area contributed by atoms with Gasteiger partial charge < -0.3 is 0 Å². The lowest BCUT2D eigenvalue weighted by molar-refractivity contribution is -0.694. The van der Waals surface area contributed by atoms with Crippen molar-refractivity contribution in [3.8, 4) is 11.1 Å². The summed E-state index contributed by atoms with van der Waals surface area (Å²) in [4.78, 5) is 0. The molecule has 0 unspecified atom stereocenters. The van der Waals surface area contributed by atoms with Gasteiger partial charge in [-0.25, -0.2) is 0 Å². The Bertz CT molecular complexity index is 803. The van der Waals surface area contributed by atoms with Gasteiger partial charge in [0.05, 0.1) is 0 Å². The minimum absolute atomic E-state index is 0.941. The van der Waals surface area contributed by atoms with Crippen molar-refractivity contribution in [2.45, 2.75) is 19.9 Å². The van der Waals surface area contributed by atoms with Crippen LogP contribution in [0, 0.1) is 6.92 Å². The van der Waals surface area contributed by atoms with E-state index in [1.54, 1.807) is 0 Å². The number of hydrogen-bond donors (Lipinski definition) is 0. The van der Waals surface area contributed by atoms with Crippen molar-refractivity contribution in [3.63, 3.8) is 0 Å². The second-order valence-corrected chi connectivity index (χ2v) is 5.80. The molecule has 1 aromatic heterocycles. The molecule has 1 aliphatic carbocycles. The Kier molecular flexibility index (Phi) is 2.85. The summed E-state index contributed by atoms with van der Waals surface area (Å²) >= 11 is 0. The minimum Gasteiger partial charge on any atom is -0.198 e. The smallest absolute Gasteiger partial charge is 0.179 e. The van der Waals surface area contributed by atoms with E-state index in [4.69, 9.17) is 0 Å². The summed E-state index contributed by atoms with van der Waals surface area (Å²) in [7, 11) is 0.